The summed E-state index contributed by atoms with van der Waals surface area (Å²) in [4.78, 5) is 49.2. The van der Waals surface area contributed by atoms with Gasteiger partial charge in [0.15, 0.2) is 6.10 Å². The molecular formula is C61H75NO7P+. The Morgan fingerprint density at radius 2 is 0.900 bits per heavy atom. The highest BCUT2D eigenvalue weighted by Crippen LogP contribution is 2.47. The van der Waals surface area contributed by atoms with Crippen molar-refractivity contribution in [1.29, 1.82) is 0 Å². The Labute approximate surface area is 416 Å². The Morgan fingerprint density at radius 3 is 1.37 bits per heavy atom. The van der Waals surface area contributed by atoms with E-state index in [4.69, 9.17) is 14.0 Å². The maximum absolute atomic E-state index is 13.0. The van der Waals surface area contributed by atoms with E-state index in [1.54, 1.807) is 0 Å². The number of carbonyl (C=O) groups excluding carboxylic acids is 2. The number of hydrogen-bond donors (Lipinski definition) is 1. The molecule has 370 valence electrons. The van der Waals surface area contributed by atoms with E-state index in [9.17, 15) is 19.4 Å². The van der Waals surface area contributed by atoms with Gasteiger partial charge in [0.1, 0.15) is 19.4 Å². The predicted octanol–water partition coefficient (Wildman–Crippen LogP) is 14.2. The average molecular weight is 965 g/mol. The van der Waals surface area contributed by atoms with Crippen LogP contribution in [0, 0.1) is 0 Å². The van der Waals surface area contributed by atoms with Crippen molar-refractivity contribution in [3.05, 3.63) is 120 Å². The van der Waals surface area contributed by atoms with Crippen molar-refractivity contribution in [3.8, 4) is 0 Å². The summed E-state index contributed by atoms with van der Waals surface area (Å²) in [6.45, 7) is 0.211. The molecule has 0 bridgehead atoms. The molecule has 8 aromatic carbocycles. The van der Waals surface area contributed by atoms with Gasteiger partial charge in [-0.3, -0.25) is 9.59 Å². The van der Waals surface area contributed by atoms with Gasteiger partial charge in [0.2, 0.25) is 7.94 Å². The third kappa shape index (κ3) is 13.9. The van der Waals surface area contributed by atoms with Gasteiger partial charge in [-0.1, -0.05) is 173 Å². The fourth-order valence-electron chi connectivity index (χ4n) is 10.6. The molecule has 0 aromatic heterocycles. The summed E-state index contributed by atoms with van der Waals surface area (Å²) in [6, 6.07) is 40.3. The Bertz CT molecular complexity index is 2910. The summed E-state index contributed by atoms with van der Waals surface area (Å²) in [7, 11) is 2.16. The van der Waals surface area contributed by atoms with Crippen LogP contribution in [0.5, 0.6) is 0 Å². The molecule has 0 aliphatic carbocycles. The summed E-state index contributed by atoms with van der Waals surface area (Å²) >= 11 is 0. The van der Waals surface area contributed by atoms with E-state index in [0.717, 1.165) is 83.6 Å². The van der Waals surface area contributed by atoms with Crippen molar-refractivity contribution in [3.63, 3.8) is 0 Å². The minimum absolute atomic E-state index is 0.00425. The minimum atomic E-state index is -3.92. The average Bonchev–Trinajstić information content (AvgIpc) is 3.34. The maximum Gasteiger partial charge on any atom is 0.306 e. The van der Waals surface area contributed by atoms with Gasteiger partial charge in [-0.25, -0.2) is 9.42 Å². The van der Waals surface area contributed by atoms with Crippen LogP contribution < -0.4 is 4.89 Å². The zero-order chi connectivity index (χ0) is 48.9. The van der Waals surface area contributed by atoms with Gasteiger partial charge in [-0.15, -0.1) is 0 Å². The summed E-state index contributed by atoms with van der Waals surface area (Å²) < 4.78 is 17.4. The van der Waals surface area contributed by atoms with Crippen LogP contribution in [0.15, 0.2) is 109 Å². The van der Waals surface area contributed by atoms with E-state index in [-0.39, 0.29) is 38.2 Å². The first-order valence-corrected chi connectivity index (χ1v) is 28.1. The van der Waals surface area contributed by atoms with E-state index >= 15 is 0 Å². The van der Waals surface area contributed by atoms with Gasteiger partial charge in [-0.2, -0.15) is 0 Å². The largest absolute Gasteiger partial charge is 0.632 e. The number of hydrogen-bond acceptors (Lipinski definition) is 7. The molecule has 0 amide bonds. The van der Waals surface area contributed by atoms with Crippen molar-refractivity contribution in [2.75, 3.05) is 47.1 Å². The molecule has 0 saturated heterocycles. The molecule has 0 aliphatic heterocycles. The van der Waals surface area contributed by atoms with Crippen molar-refractivity contribution < 1.29 is 37.9 Å². The number of carbonyl (C=O) groups is 2. The van der Waals surface area contributed by atoms with Gasteiger partial charge in [0, 0.05) is 19.3 Å². The molecule has 2 atom stereocenters. The van der Waals surface area contributed by atoms with Gasteiger partial charge < -0.3 is 18.9 Å². The van der Waals surface area contributed by atoms with E-state index in [2.05, 4.69) is 109 Å². The van der Waals surface area contributed by atoms with Crippen LogP contribution in [0.2, 0.25) is 0 Å². The summed E-state index contributed by atoms with van der Waals surface area (Å²) in [5, 5.41) is 16.1. The molecule has 0 spiro atoms. The summed E-state index contributed by atoms with van der Waals surface area (Å²) in [5.74, 6) is -0.771. The van der Waals surface area contributed by atoms with Crippen LogP contribution in [0.4, 0.5) is 0 Å². The number of aryl methyl sites for hydroxylation is 2. The smallest absolute Gasteiger partial charge is 0.306 e. The van der Waals surface area contributed by atoms with E-state index < -0.39 is 20.0 Å². The van der Waals surface area contributed by atoms with Crippen molar-refractivity contribution in [2.24, 2.45) is 0 Å². The number of ether oxygens (including phenoxy) is 2. The van der Waals surface area contributed by atoms with Crippen LogP contribution in [0.3, 0.4) is 0 Å². The number of esters is 2. The van der Waals surface area contributed by atoms with Crippen LogP contribution in [0.25, 0.3) is 64.6 Å². The number of nitrogens with zero attached hydrogens (tertiary/aromatic N) is 1. The van der Waals surface area contributed by atoms with E-state index in [1.165, 1.54) is 95.0 Å². The maximum atomic E-state index is 13.0. The molecule has 0 aliphatic rings. The normalized spacial score (nSPS) is 13.6. The Hall–Kier alpha value is -4.95. The lowest BCUT2D eigenvalue weighted by atomic mass is 9.90. The van der Waals surface area contributed by atoms with Gasteiger partial charge in [-0.05, 0) is 114 Å². The molecule has 8 rings (SSSR count). The number of benzene rings is 8. The molecule has 8 aromatic rings. The van der Waals surface area contributed by atoms with Crippen molar-refractivity contribution in [1.82, 2.24) is 0 Å². The topological polar surface area (TPSA) is 105 Å². The van der Waals surface area contributed by atoms with Crippen molar-refractivity contribution in [2.45, 2.75) is 128 Å². The van der Waals surface area contributed by atoms with Crippen molar-refractivity contribution >= 4 is 84.5 Å². The number of rotatable bonds is 30. The molecule has 9 heteroatoms. The lowest BCUT2D eigenvalue weighted by Crippen LogP contribution is -2.36. The standard InChI is InChI=1S/C61H74NO7P/c1-62(2,3)41-20-42-70(65,66)68-44-53(69-57(64)28-17-13-9-5-7-11-15-22-46-30-32-52-36-34-48-24-19-26-50-38-40-55(46)61(52)59(48)50)43-67-56(63)27-16-12-8-4-6-10-14-21-45-29-31-51-35-33-47-23-18-25-49-37-39-54(45)60(51)58(47)49/h18-19,23-26,29-40,53H,4-17,20-22,27-28,41-44H2,1-3H3/p+1/t53-/m1/s1. The fraction of sp³-hybridized carbons (Fsp3) is 0.443. The molecular weight excluding hydrogens is 890 g/mol. The minimum Gasteiger partial charge on any atom is -0.632 e. The SMILES string of the molecule is C[N+](C)(C)CCC[P+]([O-])(O)OC[C@@H](COC(=O)CCCCCCCCCc1ccc2ccc3cccc4ccc1c2c34)OC(=O)CCCCCCCCCc1ccc2ccc3cccc4ccc1c2c34. The first-order chi connectivity index (χ1) is 33.9. The molecule has 0 saturated carbocycles. The molecule has 0 heterocycles. The molecule has 1 N–H and O–H groups in total. The fourth-order valence-corrected chi connectivity index (χ4v) is 11.7. The number of unbranched alkanes of at least 4 members (excludes halogenated alkanes) is 12. The second kappa shape index (κ2) is 24.4. The molecule has 0 radical (unpaired) electrons. The number of quaternary nitrogens is 1. The van der Waals surface area contributed by atoms with E-state index in [0.29, 0.717) is 17.3 Å². The summed E-state index contributed by atoms with van der Waals surface area (Å²) in [6.07, 6.45) is 16.8. The highest BCUT2D eigenvalue weighted by Gasteiger charge is 2.29. The predicted molar refractivity (Wildman–Crippen MR) is 290 cm³/mol. The Balaban J connectivity index is 0.699. The first-order valence-electron chi connectivity index (χ1n) is 26.4. The third-order valence-corrected chi connectivity index (χ3v) is 15.8. The molecule has 1 unspecified atom stereocenters. The lowest BCUT2D eigenvalue weighted by molar-refractivity contribution is -0.870. The lowest BCUT2D eigenvalue weighted by Gasteiger charge is -2.27. The van der Waals surface area contributed by atoms with Gasteiger partial charge >= 0.3 is 11.9 Å². The quantitative estimate of drug-likeness (QED) is 0.0157. The molecule has 8 nitrogen and oxygen atoms in total. The van der Waals surface area contributed by atoms with Crippen LogP contribution in [0.1, 0.15) is 120 Å². The molecule has 0 fully saturated rings. The monoisotopic (exact) mass is 965 g/mol. The van der Waals surface area contributed by atoms with Crippen LogP contribution in [-0.4, -0.2) is 74.5 Å². The second-order valence-electron chi connectivity index (χ2n) is 20.9. The summed E-state index contributed by atoms with van der Waals surface area (Å²) in [5.41, 5.74) is 2.85. The zero-order valence-corrected chi connectivity index (χ0v) is 42.9. The third-order valence-electron chi connectivity index (χ3n) is 14.4. The zero-order valence-electron chi connectivity index (χ0n) is 42.0. The Morgan fingerprint density at radius 1 is 0.500 bits per heavy atom. The van der Waals surface area contributed by atoms with Crippen LogP contribution in [-0.2, 0) is 36.4 Å². The highest BCUT2D eigenvalue weighted by atomic mass is 31.2. The van der Waals surface area contributed by atoms with Gasteiger partial charge in [0.05, 0.1) is 27.7 Å². The Kier molecular flexibility index (Phi) is 18.0. The van der Waals surface area contributed by atoms with Gasteiger partial charge in [0.25, 0.3) is 0 Å². The highest BCUT2D eigenvalue weighted by molar-refractivity contribution is 7.58. The first kappa shape index (κ1) is 51.4. The van der Waals surface area contributed by atoms with E-state index in [1.807, 2.05) is 21.1 Å². The second-order valence-corrected chi connectivity index (χ2v) is 22.9. The van der Waals surface area contributed by atoms with Crippen LogP contribution >= 0.6 is 7.94 Å². The molecule has 70 heavy (non-hydrogen) atoms.